The number of rotatable bonds is 5. The second kappa shape index (κ2) is 7.84. The van der Waals surface area contributed by atoms with Crippen molar-refractivity contribution in [3.63, 3.8) is 0 Å². The van der Waals surface area contributed by atoms with Crippen molar-refractivity contribution in [2.45, 2.75) is 25.6 Å². The molecule has 0 spiro atoms. The third-order valence-electron chi connectivity index (χ3n) is 5.28. The SMILES string of the molecule is O=[N+]([O-])c1ccc(CN2CCCn3cccc3[C@@H]2c2cccc([N+](=O)[O-])c2)cc1. The van der Waals surface area contributed by atoms with Crippen LogP contribution in [-0.2, 0) is 13.1 Å². The minimum atomic E-state index is -0.408. The molecule has 29 heavy (non-hydrogen) atoms. The monoisotopic (exact) mass is 392 g/mol. The third kappa shape index (κ3) is 3.88. The van der Waals surface area contributed by atoms with Gasteiger partial charge in [-0.05, 0) is 29.7 Å². The van der Waals surface area contributed by atoms with Crippen LogP contribution < -0.4 is 0 Å². The van der Waals surface area contributed by atoms with E-state index in [1.165, 1.54) is 18.2 Å². The number of aromatic nitrogens is 1. The molecule has 0 unspecified atom stereocenters. The van der Waals surface area contributed by atoms with Crippen LogP contribution in [0.3, 0.4) is 0 Å². The van der Waals surface area contributed by atoms with Crippen molar-refractivity contribution in [1.29, 1.82) is 0 Å². The fourth-order valence-corrected chi connectivity index (χ4v) is 3.96. The number of hydrogen-bond donors (Lipinski definition) is 0. The zero-order chi connectivity index (χ0) is 20.4. The molecule has 0 aliphatic carbocycles. The van der Waals surface area contributed by atoms with E-state index in [0.29, 0.717) is 6.54 Å². The molecule has 1 aliphatic heterocycles. The molecule has 148 valence electrons. The smallest absolute Gasteiger partial charge is 0.269 e. The van der Waals surface area contributed by atoms with Gasteiger partial charge in [0.15, 0.2) is 0 Å². The molecular weight excluding hydrogens is 372 g/mol. The highest BCUT2D eigenvalue weighted by molar-refractivity contribution is 5.40. The van der Waals surface area contributed by atoms with E-state index in [4.69, 9.17) is 0 Å². The summed E-state index contributed by atoms with van der Waals surface area (Å²) < 4.78 is 2.19. The van der Waals surface area contributed by atoms with Gasteiger partial charge in [-0.15, -0.1) is 0 Å². The summed E-state index contributed by atoms with van der Waals surface area (Å²) in [6, 6.07) is 17.2. The van der Waals surface area contributed by atoms with Crippen molar-refractivity contribution in [3.05, 3.63) is 104 Å². The van der Waals surface area contributed by atoms with Gasteiger partial charge in [0.05, 0.1) is 15.9 Å². The zero-order valence-corrected chi connectivity index (χ0v) is 15.7. The first-order valence-corrected chi connectivity index (χ1v) is 9.40. The maximum Gasteiger partial charge on any atom is 0.269 e. The standard InChI is InChI=1S/C21H20N4O4/c26-24(27)18-9-7-16(8-10-18)15-23-13-3-12-22-11-2-6-20(22)21(23)17-4-1-5-19(14-17)25(28)29/h1-2,4-11,14,21H,3,12-13,15H2/t21-/m0/s1. The van der Waals surface area contributed by atoms with Crippen molar-refractivity contribution >= 4 is 11.4 Å². The molecule has 8 nitrogen and oxygen atoms in total. The summed E-state index contributed by atoms with van der Waals surface area (Å²) in [5.74, 6) is 0. The van der Waals surface area contributed by atoms with Crippen molar-refractivity contribution in [2.24, 2.45) is 0 Å². The first kappa shape index (κ1) is 18.8. The van der Waals surface area contributed by atoms with Crippen LogP contribution in [0.5, 0.6) is 0 Å². The number of nitro benzene ring substituents is 2. The Bertz CT molecular complexity index is 1040. The van der Waals surface area contributed by atoms with Gasteiger partial charge in [0.1, 0.15) is 0 Å². The van der Waals surface area contributed by atoms with E-state index >= 15 is 0 Å². The van der Waals surface area contributed by atoms with Gasteiger partial charge in [0.2, 0.25) is 0 Å². The average Bonchev–Trinajstić information content (AvgIpc) is 3.10. The largest absolute Gasteiger partial charge is 0.350 e. The third-order valence-corrected chi connectivity index (χ3v) is 5.28. The topological polar surface area (TPSA) is 94.5 Å². The normalized spacial score (nSPS) is 16.8. The minimum Gasteiger partial charge on any atom is -0.350 e. The number of hydrogen-bond acceptors (Lipinski definition) is 5. The molecule has 0 N–H and O–H groups in total. The van der Waals surface area contributed by atoms with Crippen molar-refractivity contribution in [3.8, 4) is 0 Å². The van der Waals surface area contributed by atoms with Gasteiger partial charge in [0.25, 0.3) is 11.4 Å². The Hall–Kier alpha value is -3.52. The van der Waals surface area contributed by atoms with E-state index < -0.39 is 4.92 Å². The molecule has 0 saturated carbocycles. The molecule has 1 aliphatic rings. The van der Waals surface area contributed by atoms with Gasteiger partial charge in [-0.1, -0.05) is 24.3 Å². The number of aryl methyl sites for hydroxylation is 1. The molecule has 4 rings (SSSR count). The zero-order valence-electron chi connectivity index (χ0n) is 15.7. The van der Waals surface area contributed by atoms with Crippen LogP contribution >= 0.6 is 0 Å². The Kier molecular flexibility index (Phi) is 5.09. The Morgan fingerprint density at radius 3 is 2.38 bits per heavy atom. The minimum absolute atomic E-state index is 0.0636. The first-order chi connectivity index (χ1) is 14.0. The van der Waals surface area contributed by atoms with Gasteiger partial charge >= 0.3 is 0 Å². The van der Waals surface area contributed by atoms with Gasteiger partial charge in [0, 0.05) is 55.8 Å². The number of benzene rings is 2. The highest BCUT2D eigenvalue weighted by atomic mass is 16.6. The summed E-state index contributed by atoms with van der Waals surface area (Å²) in [4.78, 5) is 23.7. The van der Waals surface area contributed by atoms with Crippen molar-refractivity contribution < 1.29 is 9.85 Å². The molecule has 1 aromatic heterocycles. The van der Waals surface area contributed by atoms with Crippen LogP contribution in [0.1, 0.15) is 29.3 Å². The Balaban J connectivity index is 1.72. The number of nitrogens with zero attached hydrogens (tertiary/aromatic N) is 4. The van der Waals surface area contributed by atoms with E-state index in [1.807, 2.05) is 18.3 Å². The summed E-state index contributed by atoms with van der Waals surface area (Å²) in [6.07, 6.45) is 2.98. The molecule has 1 atom stereocenters. The molecule has 0 bridgehead atoms. The van der Waals surface area contributed by atoms with Crippen LogP contribution in [0.4, 0.5) is 11.4 Å². The lowest BCUT2D eigenvalue weighted by Crippen LogP contribution is -2.29. The predicted molar refractivity (Wildman–Crippen MR) is 107 cm³/mol. The number of fused-ring (bicyclic) bond motifs is 1. The van der Waals surface area contributed by atoms with Gasteiger partial charge in [-0.2, -0.15) is 0 Å². The summed E-state index contributed by atoms with van der Waals surface area (Å²) in [6.45, 7) is 2.28. The fourth-order valence-electron chi connectivity index (χ4n) is 3.96. The quantitative estimate of drug-likeness (QED) is 0.477. The van der Waals surface area contributed by atoms with Crippen LogP contribution in [-0.4, -0.2) is 25.9 Å². The van der Waals surface area contributed by atoms with Crippen LogP contribution in [0.2, 0.25) is 0 Å². The van der Waals surface area contributed by atoms with Gasteiger partial charge < -0.3 is 4.57 Å². The van der Waals surface area contributed by atoms with E-state index in [1.54, 1.807) is 24.3 Å². The van der Waals surface area contributed by atoms with Crippen molar-refractivity contribution in [1.82, 2.24) is 9.47 Å². The van der Waals surface area contributed by atoms with Crippen molar-refractivity contribution in [2.75, 3.05) is 6.54 Å². The Morgan fingerprint density at radius 1 is 0.897 bits per heavy atom. The summed E-state index contributed by atoms with van der Waals surface area (Å²) in [7, 11) is 0. The lowest BCUT2D eigenvalue weighted by atomic mass is 10.0. The summed E-state index contributed by atoms with van der Waals surface area (Å²) >= 11 is 0. The van der Waals surface area contributed by atoms with E-state index in [9.17, 15) is 20.2 Å². The van der Waals surface area contributed by atoms with E-state index in [2.05, 4.69) is 15.5 Å². The molecule has 3 aromatic rings. The lowest BCUT2D eigenvalue weighted by Gasteiger charge is -2.30. The van der Waals surface area contributed by atoms with E-state index in [0.717, 1.165) is 36.3 Å². The maximum absolute atomic E-state index is 11.3. The molecule has 0 fully saturated rings. The highest BCUT2D eigenvalue weighted by Crippen LogP contribution is 2.34. The number of non-ortho nitro benzene ring substituents is 2. The second-order valence-electron chi connectivity index (χ2n) is 7.13. The van der Waals surface area contributed by atoms with E-state index in [-0.39, 0.29) is 22.3 Å². The molecular formula is C21H20N4O4. The highest BCUT2D eigenvalue weighted by Gasteiger charge is 2.28. The van der Waals surface area contributed by atoms with Crippen LogP contribution in [0.25, 0.3) is 0 Å². The first-order valence-electron chi connectivity index (χ1n) is 9.40. The van der Waals surface area contributed by atoms with Gasteiger partial charge in [-0.3, -0.25) is 25.1 Å². The van der Waals surface area contributed by atoms with Crippen LogP contribution in [0.15, 0.2) is 66.9 Å². The Labute approximate surface area is 167 Å². The lowest BCUT2D eigenvalue weighted by molar-refractivity contribution is -0.385. The summed E-state index contributed by atoms with van der Waals surface area (Å²) in [5, 5.41) is 22.2. The van der Waals surface area contributed by atoms with Gasteiger partial charge in [-0.25, -0.2) is 0 Å². The molecule has 2 aromatic carbocycles. The average molecular weight is 392 g/mol. The molecule has 0 radical (unpaired) electrons. The molecule has 2 heterocycles. The predicted octanol–water partition coefficient (Wildman–Crippen LogP) is 4.30. The molecule has 0 saturated heterocycles. The summed E-state index contributed by atoms with van der Waals surface area (Å²) in [5.41, 5.74) is 3.05. The molecule has 0 amide bonds. The van der Waals surface area contributed by atoms with Crippen LogP contribution in [0, 0.1) is 20.2 Å². The Morgan fingerprint density at radius 2 is 1.66 bits per heavy atom. The fraction of sp³-hybridized carbons (Fsp3) is 0.238. The number of nitro groups is 2. The second-order valence-corrected chi connectivity index (χ2v) is 7.13. The molecule has 8 heteroatoms. The maximum atomic E-state index is 11.3.